The van der Waals surface area contributed by atoms with Gasteiger partial charge in [-0.25, -0.2) is 4.57 Å². The molecule has 0 heterocycles. The number of allylic oxidation sites excluding steroid dienone is 10. The van der Waals surface area contributed by atoms with Crippen LogP contribution in [-0.2, 0) is 32.7 Å². The van der Waals surface area contributed by atoms with Crippen molar-refractivity contribution in [3.05, 3.63) is 60.8 Å². The second kappa shape index (κ2) is 42.0. The van der Waals surface area contributed by atoms with E-state index in [4.69, 9.17) is 18.5 Å². The van der Waals surface area contributed by atoms with Crippen LogP contribution in [0, 0.1) is 0 Å². The minimum absolute atomic E-state index is 0.0241. The second-order valence-corrected chi connectivity index (χ2v) is 18.6. The lowest BCUT2D eigenvalue weighted by Gasteiger charge is -2.24. The van der Waals surface area contributed by atoms with E-state index in [-0.39, 0.29) is 32.0 Å². The number of rotatable bonds is 43. The van der Waals surface area contributed by atoms with Crippen molar-refractivity contribution in [3.63, 3.8) is 0 Å². The van der Waals surface area contributed by atoms with Crippen LogP contribution in [0.1, 0.15) is 194 Å². The maximum Gasteiger partial charge on any atom is 0.472 e. The Kier molecular flexibility index (Phi) is 40.4. The van der Waals surface area contributed by atoms with E-state index in [9.17, 15) is 19.0 Å². The lowest BCUT2D eigenvalue weighted by Crippen LogP contribution is -2.37. The molecule has 0 rings (SSSR count). The van der Waals surface area contributed by atoms with Crippen molar-refractivity contribution in [1.29, 1.82) is 0 Å². The zero-order valence-electron chi connectivity index (χ0n) is 39.2. The van der Waals surface area contributed by atoms with E-state index in [1.165, 1.54) is 96.3 Å². The van der Waals surface area contributed by atoms with E-state index in [0.29, 0.717) is 17.4 Å². The van der Waals surface area contributed by atoms with Crippen LogP contribution in [0.5, 0.6) is 0 Å². The normalized spacial score (nSPS) is 14.0. The maximum atomic E-state index is 12.7. The number of hydrogen-bond donors (Lipinski definition) is 1. The third kappa shape index (κ3) is 45.2. The molecule has 2 atom stereocenters. The van der Waals surface area contributed by atoms with Crippen molar-refractivity contribution in [2.45, 2.75) is 200 Å². The monoisotopic (exact) mass is 865 g/mol. The van der Waals surface area contributed by atoms with Crippen LogP contribution in [0.4, 0.5) is 0 Å². The number of phosphoric ester groups is 1. The molecule has 1 N–H and O–H groups in total. The molecule has 0 aromatic rings. The number of esters is 2. The first kappa shape index (κ1) is 57.7. The first-order valence-corrected chi connectivity index (χ1v) is 25.5. The summed E-state index contributed by atoms with van der Waals surface area (Å²) < 4.78 is 34.4. The zero-order valence-corrected chi connectivity index (χ0v) is 40.1. The number of likely N-dealkylation sites (N-methyl/N-ethyl adjacent to an activating group) is 1. The van der Waals surface area contributed by atoms with Crippen molar-refractivity contribution >= 4 is 19.8 Å². The van der Waals surface area contributed by atoms with Crippen LogP contribution in [0.3, 0.4) is 0 Å². The van der Waals surface area contributed by atoms with Gasteiger partial charge < -0.3 is 18.9 Å². The average molecular weight is 865 g/mol. The topological polar surface area (TPSA) is 108 Å². The van der Waals surface area contributed by atoms with Crippen molar-refractivity contribution in [3.8, 4) is 0 Å². The van der Waals surface area contributed by atoms with Crippen LogP contribution in [0.15, 0.2) is 60.8 Å². The highest BCUT2D eigenvalue weighted by atomic mass is 31.2. The third-order valence-corrected chi connectivity index (χ3v) is 11.0. The van der Waals surface area contributed by atoms with Gasteiger partial charge in [-0.15, -0.1) is 0 Å². The van der Waals surface area contributed by atoms with Gasteiger partial charge in [0, 0.05) is 12.8 Å². The molecule has 9 nitrogen and oxygen atoms in total. The SMILES string of the molecule is CCCCC/C=C/C/C=C/C/C=C/CCCCCCC(=O)O[C@H](COC(=O)CCCCCCCCCCC/C=C/C/C=C/CCCCC)COP(=O)(O)OCC[N+](C)(C)C. The summed E-state index contributed by atoms with van der Waals surface area (Å²) in [5.74, 6) is -0.830. The number of unbranched alkanes of at least 4 members (excludes halogenated alkanes) is 19. The Morgan fingerprint density at radius 1 is 0.517 bits per heavy atom. The summed E-state index contributed by atoms with van der Waals surface area (Å²) in [4.78, 5) is 35.5. The summed E-state index contributed by atoms with van der Waals surface area (Å²) in [7, 11) is 1.45. The van der Waals surface area contributed by atoms with Gasteiger partial charge in [-0.2, -0.15) is 0 Å². The van der Waals surface area contributed by atoms with Crippen LogP contribution in [-0.4, -0.2) is 74.9 Å². The van der Waals surface area contributed by atoms with Gasteiger partial charge in [0.05, 0.1) is 27.7 Å². The minimum Gasteiger partial charge on any atom is -0.462 e. The molecule has 0 aliphatic heterocycles. The molecule has 1 unspecified atom stereocenters. The number of ether oxygens (including phenoxy) is 2. The largest absolute Gasteiger partial charge is 0.472 e. The molecule has 0 aliphatic rings. The standard InChI is InChI=1S/C50H90NO8P/c1-6-8-10-12-14-16-18-20-22-24-25-27-28-30-32-34-36-38-40-42-49(52)56-46-48(47-58-60(54,55)57-45-44-51(3,4)5)59-50(53)43-41-39-37-35-33-31-29-26-23-21-19-17-15-13-11-9-7-2/h14-17,20-23,29,31,48H,6-13,18-19,24-28,30,32-47H2,1-5H3/p+1/b16-14+,17-15+,22-20+,23-21+,31-29+/t48-/m1/s1. The van der Waals surface area contributed by atoms with Gasteiger partial charge >= 0.3 is 19.8 Å². The van der Waals surface area contributed by atoms with Gasteiger partial charge in [0.15, 0.2) is 6.10 Å². The molecular formula is C50H91NO8P+. The molecule has 348 valence electrons. The van der Waals surface area contributed by atoms with Gasteiger partial charge in [0.1, 0.15) is 19.8 Å². The molecular weight excluding hydrogens is 774 g/mol. The van der Waals surface area contributed by atoms with Gasteiger partial charge in [0.2, 0.25) is 0 Å². The zero-order chi connectivity index (χ0) is 44.3. The average Bonchev–Trinajstić information content (AvgIpc) is 3.20. The Balaban J connectivity index is 4.35. The summed E-state index contributed by atoms with van der Waals surface area (Å²) in [6, 6.07) is 0. The summed E-state index contributed by atoms with van der Waals surface area (Å²) in [6.07, 6.45) is 51.2. The van der Waals surface area contributed by atoms with Crippen LogP contribution >= 0.6 is 7.82 Å². The molecule has 0 bridgehead atoms. The lowest BCUT2D eigenvalue weighted by molar-refractivity contribution is -0.870. The van der Waals surface area contributed by atoms with Crippen molar-refractivity contribution in [1.82, 2.24) is 0 Å². The Hall–Kier alpha value is -2.29. The van der Waals surface area contributed by atoms with E-state index < -0.39 is 26.5 Å². The Bertz CT molecular complexity index is 1210. The number of quaternary nitrogens is 1. The number of nitrogens with zero attached hydrogens (tertiary/aromatic N) is 1. The molecule has 0 radical (unpaired) electrons. The van der Waals surface area contributed by atoms with Crippen molar-refractivity contribution in [2.75, 3.05) is 47.5 Å². The number of phosphoric acid groups is 1. The second-order valence-electron chi connectivity index (χ2n) is 17.1. The smallest absolute Gasteiger partial charge is 0.462 e. The first-order chi connectivity index (χ1) is 29.0. The predicted octanol–water partition coefficient (Wildman–Crippen LogP) is 14.0. The maximum absolute atomic E-state index is 12.7. The van der Waals surface area contributed by atoms with Gasteiger partial charge in [0.25, 0.3) is 0 Å². The molecule has 10 heteroatoms. The highest BCUT2D eigenvalue weighted by molar-refractivity contribution is 7.47. The fourth-order valence-corrected chi connectivity index (χ4v) is 6.97. The molecule has 0 aromatic carbocycles. The summed E-state index contributed by atoms with van der Waals surface area (Å²) >= 11 is 0. The quantitative estimate of drug-likeness (QED) is 0.0212. The fourth-order valence-electron chi connectivity index (χ4n) is 6.23. The fraction of sp³-hybridized carbons (Fsp3) is 0.760. The molecule has 60 heavy (non-hydrogen) atoms. The predicted molar refractivity (Wildman–Crippen MR) is 252 cm³/mol. The third-order valence-electron chi connectivity index (χ3n) is 10.0. The van der Waals surface area contributed by atoms with Crippen LogP contribution < -0.4 is 0 Å². The molecule has 0 aliphatic carbocycles. The van der Waals surface area contributed by atoms with E-state index in [1.54, 1.807) is 0 Å². The summed E-state index contributed by atoms with van der Waals surface area (Å²) in [5, 5.41) is 0. The van der Waals surface area contributed by atoms with Gasteiger partial charge in [-0.3, -0.25) is 18.6 Å². The highest BCUT2D eigenvalue weighted by Gasteiger charge is 2.27. The van der Waals surface area contributed by atoms with E-state index in [2.05, 4.69) is 74.6 Å². The minimum atomic E-state index is -4.39. The van der Waals surface area contributed by atoms with Gasteiger partial charge in [-0.1, -0.05) is 158 Å². The molecule has 0 saturated carbocycles. The molecule has 0 amide bonds. The van der Waals surface area contributed by atoms with E-state index in [0.717, 1.165) is 64.2 Å². The highest BCUT2D eigenvalue weighted by Crippen LogP contribution is 2.43. The lowest BCUT2D eigenvalue weighted by atomic mass is 10.1. The number of carbonyl (C=O) groups is 2. The summed E-state index contributed by atoms with van der Waals surface area (Å²) in [5.41, 5.74) is 0. The molecule has 0 fully saturated rings. The number of carbonyl (C=O) groups excluding carboxylic acids is 2. The molecule has 0 saturated heterocycles. The van der Waals surface area contributed by atoms with Crippen LogP contribution in [0.25, 0.3) is 0 Å². The Morgan fingerprint density at radius 2 is 0.900 bits per heavy atom. The Labute approximate surface area is 368 Å². The summed E-state index contributed by atoms with van der Waals surface area (Å²) in [6.45, 7) is 4.34. The van der Waals surface area contributed by atoms with E-state index >= 15 is 0 Å². The molecule has 0 spiro atoms. The van der Waals surface area contributed by atoms with Crippen LogP contribution in [0.2, 0.25) is 0 Å². The Morgan fingerprint density at radius 3 is 1.33 bits per heavy atom. The van der Waals surface area contributed by atoms with Crippen molar-refractivity contribution < 1.29 is 42.1 Å². The first-order valence-electron chi connectivity index (χ1n) is 24.0. The van der Waals surface area contributed by atoms with E-state index in [1.807, 2.05) is 21.1 Å². The van der Waals surface area contributed by atoms with Crippen molar-refractivity contribution in [2.24, 2.45) is 0 Å². The molecule has 0 aromatic heterocycles. The number of hydrogen-bond acceptors (Lipinski definition) is 7. The van der Waals surface area contributed by atoms with Gasteiger partial charge in [-0.05, 0) is 83.5 Å².